The number of aryl methyl sites for hydroxylation is 2. The van der Waals surface area contributed by atoms with Crippen LogP contribution in [-0.2, 0) is 24.3 Å². The molecule has 146 valence electrons. The Hall–Kier alpha value is -2.84. The predicted octanol–water partition coefficient (Wildman–Crippen LogP) is 4.19. The number of nitrogens with zero attached hydrogens (tertiary/aromatic N) is 3. The minimum atomic E-state index is -0.440. The van der Waals surface area contributed by atoms with Crippen molar-refractivity contribution in [2.45, 2.75) is 32.9 Å². The molecule has 29 heavy (non-hydrogen) atoms. The predicted molar refractivity (Wildman–Crippen MR) is 114 cm³/mol. The van der Waals surface area contributed by atoms with Crippen LogP contribution in [0.15, 0.2) is 40.5 Å². The van der Waals surface area contributed by atoms with Gasteiger partial charge in [-0.3, -0.25) is 9.36 Å². The van der Waals surface area contributed by atoms with Gasteiger partial charge in [-0.25, -0.2) is 14.8 Å². The molecule has 0 spiro atoms. The summed E-state index contributed by atoms with van der Waals surface area (Å²) in [6.45, 7) is 2.58. The van der Waals surface area contributed by atoms with Crippen molar-refractivity contribution in [3.05, 3.63) is 68.0 Å². The number of aromatic nitrogens is 3. The first-order chi connectivity index (χ1) is 14.1. The summed E-state index contributed by atoms with van der Waals surface area (Å²) in [6.07, 6.45) is 1.74. The fourth-order valence-electron chi connectivity index (χ4n) is 3.56. The Morgan fingerprint density at radius 3 is 2.90 bits per heavy atom. The molecule has 1 aromatic carbocycles. The summed E-state index contributed by atoms with van der Waals surface area (Å²) in [4.78, 5) is 35.6. The second kappa shape index (κ2) is 7.20. The van der Waals surface area contributed by atoms with Crippen LogP contribution in [0.4, 0.5) is 0 Å². The van der Waals surface area contributed by atoms with E-state index in [-0.39, 0.29) is 12.2 Å². The molecule has 4 aromatic rings. The largest absolute Gasteiger partial charge is 0.455 e. The third-order valence-corrected chi connectivity index (χ3v) is 7.13. The molecule has 0 aliphatic carbocycles. The van der Waals surface area contributed by atoms with Gasteiger partial charge in [0.15, 0.2) is 0 Å². The third kappa shape index (κ3) is 3.18. The molecule has 0 radical (unpaired) electrons. The highest BCUT2D eigenvalue weighted by Crippen LogP contribution is 2.30. The lowest BCUT2D eigenvalue weighted by molar-refractivity contribution is 0.0473. The Labute approximate surface area is 174 Å². The zero-order chi connectivity index (χ0) is 20.0. The van der Waals surface area contributed by atoms with Crippen molar-refractivity contribution in [3.63, 3.8) is 0 Å². The molecule has 0 saturated carbocycles. The highest BCUT2D eigenvalue weighted by atomic mass is 32.1. The Kier molecular flexibility index (Phi) is 4.52. The molecular formula is C21H17N3O3S2. The molecule has 4 heterocycles. The molecule has 0 amide bonds. The number of hydrogen-bond acceptors (Lipinski definition) is 7. The normalized spacial score (nSPS) is 13.0. The summed E-state index contributed by atoms with van der Waals surface area (Å²) in [6, 6.07) is 9.89. The molecule has 1 aliphatic heterocycles. The topological polar surface area (TPSA) is 74.1 Å². The van der Waals surface area contributed by atoms with Crippen LogP contribution in [0.3, 0.4) is 0 Å². The first-order valence-corrected chi connectivity index (χ1v) is 11.0. The van der Waals surface area contributed by atoms with Gasteiger partial charge in [0.25, 0.3) is 5.56 Å². The zero-order valence-corrected chi connectivity index (χ0v) is 17.3. The summed E-state index contributed by atoms with van der Waals surface area (Å²) in [5, 5.41) is 3.32. The van der Waals surface area contributed by atoms with E-state index in [1.807, 2.05) is 35.7 Å². The van der Waals surface area contributed by atoms with Crippen LogP contribution in [0.1, 0.15) is 33.2 Å². The Morgan fingerprint density at radius 1 is 1.24 bits per heavy atom. The fraction of sp³-hybridized carbons (Fsp3) is 0.238. The number of carbonyl (C=O) groups excluding carboxylic acids is 1. The van der Waals surface area contributed by atoms with Crippen molar-refractivity contribution >= 4 is 38.9 Å². The first-order valence-electron chi connectivity index (χ1n) is 9.31. The van der Waals surface area contributed by atoms with Crippen molar-refractivity contribution < 1.29 is 9.53 Å². The van der Waals surface area contributed by atoms with Crippen molar-refractivity contribution in [3.8, 4) is 10.6 Å². The summed E-state index contributed by atoms with van der Waals surface area (Å²) in [7, 11) is 0. The van der Waals surface area contributed by atoms with Gasteiger partial charge < -0.3 is 4.74 Å². The molecule has 0 N–H and O–H groups in total. The van der Waals surface area contributed by atoms with Crippen molar-refractivity contribution in [2.24, 2.45) is 0 Å². The SMILES string of the molecule is Cc1c(C(=O)OCc2csc(-c3ccccc3)n2)sc2nc3n(c(=O)c12)CCC3. The molecule has 0 unspecified atom stereocenters. The monoisotopic (exact) mass is 423 g/mol. The quantitative estimate of drug-likeness (QED) is 0.460. The Balaban J connectivity index is 1.37. The number of benzene rings is 1. The van der Waals surface area contributed by atoms with Gasteiger partial charge in [0.2, 0.25) is 0 Å². The van der Waals surface area contributed by atoms with E-state index in [1.54, 1.807) is 11.5 Å². The molecule has 1 aliphatic rings. The number of ether oxygens (including phenoxy) is 1. The molecular weight excluding hydrogens is 406 g/mol. The van der Waals surface area contributed by atoms with Crippen LogP contribution in [0.25, 0.3) is 20.8 Å². The van der Waals surface area contributed by atoms with E-state index < -0.39 is 5.97 Å². The molecule has 0 saturated heterocycles. The molecule has 6 nitrogen and oxygen atoms in total. The molecule has 5 rings (SSSR count). The van der Waals surface area contributed by atoms with Crippen molar-refractivity contribution in [2.75, 3.05) is 0 Å². The average molecular weight is 424 g/mol. The van der Waals surface area contributed by atoms with Crippen molar-refractivity contribution in [1.82, 2.24) is 14.5 Å². The number of fused-ring (bicyclic) bond motifs is 2. The van der Waals surface area contributed by atoms with Crippen LogP contribution in [-0.4, -0.2) is 20.5 Å². The van der Waals surface area contributed by atoms with Crippen molar-refractivity contribution in [1.29, 1.82) is 0 Å². The zero-order valence-electron chi connectivity index (χ0n) is 15.7. The lowest BCUT2D eigenvalue weighted by atomic mass is 10.2. The van der Waals surface area contributed by atoms with Gasteiger partial charge >= 0.3 is 5.97 Å². The summed E-state index contributed by atoms with van der Waals surface area (Å²) in [5.41, 5.74) is 2.34. The van der Waals surface area contributed by atoms with Gasteiger partial charge in [-0.15, -0.1) is 22.7 Å². The minimum Gasteiger partial charge on any atom is -0.455 e. The van der Waals surface area contributed by atoms with E-state index in [0.29, 0.717) is 32.9 Å². The Morgan fingerprint density at radius 2 is 2.07 bits per heavy atom. The van der Waals surface area contributed by atoms with E-state index in [4.69, 9.17) is 4.74 Å². The maximum Gasteiger partial charge on any atom is 0.349 e. The lowest BCUT2D eigenvalue weighted by Crippen LogP contribution is -2.20. The van der Waals surface area contributed by atoms with Gasteiger partial charge in [0, 0.05) is 23.9 Å². The molecule has 0 atom stereocenters. The Bertz CT molecular complexity index is 1290. The smallest absolute Gasteiger partial charge is 0.349 e. The lowest BCUT2D eigenvalue weighted by Gasteiger charge is -2.02. The number of thiophene rings is 1. The maximum absolute atomic E-state index is 12.8. The number of esters is 1. The highest BCUT2D eigenvalue weighted by Gasteiger charge is 2.24. The standard InChI is InChI=1S/C21H17N3O3S2/c1-12-16-19(23-15-8-5-9-24(15)20(16)25)29-17(12)21(26)27-10-14-11-28-18(22-14)13-6-3-2-4-7-13/h2-4,6-7,11H,5,8-10H2,1H3. The number of hydrogen-bond donors (Lipinski definition) is 0. The number of rotatable bonds is 4. The van der Waals surface area contributed by atoms with Crippen LogP contribution in [0, 0.1) is 6.92 Å². The van der Waals surface area contributed by atoms with Gasteiger partial charge in [-0.2, -0.15) is 0 Å². The fourth-order valence-corrected chi connectivity index (χ4v) is 5.46. The molecule has 0 fully saturated rings. The molecule has 8 heteroatoms. The van der Waals surface area contributed by atoms with Gasteiger partial charge in [0.05, 0.1) is 11.1 Å². The summed E-state index contributed by atoms with van der Waals surface area (Å²) in [5.74, 6) is 0.365. The number of carbonyl (C=O) groups is 1. The van der Waals surface area contributed by atoms with E-state index >= 15 is 0 Å². The van der Waals surface area contributed by atoms with Gasteiger partial charge in [-0.05, 0) is 18.9 Å². The van der Waals surface area contributed by atoms with Crippen LogP contribution < -0.4 is 5.56 Å². The average Bonchev–Trinajstić information content (AvgIpc) is 3.46. The maximum atomic E-state index is 12.8. The van der Waals surface area contributed by atoms with Crippen LogP contribution >= 0.6 is 22.7 Å². The van der Waals surface area contributed by atoms with E-state index in [1.165, 1.54) is 22.7 Å². The molecule has 0 bridgehead atoms. The first kappa shape index (κ1) is 18.2. The number of thiazole rings is 1. The minimum absolute atomic E-state index is 0.0534. The highest BCUT2D eigenvalue weighted by molar-refractivity contribution is 7.20. The third-order valence-electron chi connectivity index (χ3n) is 5.02. The summed E-state index contributed by atoms with van der Waals surface area (Å²) < 4.78 is 7.21. The second-order valence-corrected chi connectivity index (χ2v) is 8.77. The molecule has 3 aromatic heterocycles. The van der Waals surface area contributed by atoms with E-state index in [9.17, 15) is 9.59 Å². The van der Waals surface area contributed by atoms with E-state index in [2.05, 4.69) is 9.97 Å². The van der Waals surface area contributed by atoms with Gasteiger partial charge in [-0.1, -0.05) is 30.3 Å². The summed E-state index contributed by atoms with van der Waals surface area (Å²) >= 11 is 2.75. The second-order valence-electron chi connectivity index (χ2n) is 6.91. The van der Waals surface area contributed by atoms with Gasteiger partial charge in [0.1, 0.15) is 27.1 Å². The van der Waals surface area contributed by atoms with E-state index in [0.717, 1.165) is 29.2 Å². The van der Waals surface area contributed by atoms with Crippen LogP contribution in [0.5, 0.6) is 0 Å². The van der Waals surface area contributed by atoms with Crippen LogP contribution in [0.2, 0.25) is 0 Å².